The summed E-state index contributed by atoms with van der Waals surface area (Å²) in [6.07, 6.45) is 0. The number of halogens is 2. The van der Waals surface area contributed by atoms with Gasteiger partial charge in [-0.2, -0.15) is 0 Å². The first-order chi connectivity index (χ1) is 8.92. The van der Waals surface area contributed by atoms with E-state index in [1.165, 1.54) is 6.07 Å². The molecule has 2 rings (SSSR count). The molecule has 3 nitrogen and oxygen atoms in total. The summed E-state index contributed by atoms with van der Waals surface area (Å²) >= 11 is 6.13. The highest BCUT2D eigenvalue weighted by molar-refractivity contribution is 6.31. The number of aliphatic imine (C=N–C) groups is 1. The number of benzene rings is 1. The summed E-state index contributed by atoms with van der Waals surface area (Å²) in [5.41, 5.74) is 0.138. The van der Waals surface area contributed by atoms with Gasteiger partial charge in [0.1, 0.15) is 5.82 Å². The second kappa shape index (κ2) is 5.37. The van der Waals surface area contributed by atoms with Crippen molar-refractivity contribution < 1.29 is 4.39 Å². The fourth-order valence-corrected chi connectivity index (χ4v) is 2.67. The Kier molecular flexibility index (Phi) is 3.99. The third kappa shape index (κ3) is 3.00. The molecule has 5 heteroatoms. The van der Waals surface area contributed by atoms with Crippen molar-refractivity contribution in [1.82, 2.24) is 10.2 Å². The second-order valence-electron chi connectivity index (χ2n) is 5.46. The molecule has 19 heavy (non-hydrogen) atoms. The predicted octanol–water partition coefficient (Wildman–Crippen LogP) is 2.65. The first-order valence-corrected chi connectivity index (χ1v) is 6.73. The zero-order valence-electron chi connectivity index (χ0n) is 11.5. The van der Waals surface area contributed by atoms with Gasteiger partial charge in [0.25, 0.3) is 0 Å². The molecule has 0 spiro atoms. The third-order valence-corrected chi connectivity index (χ3v) is 3.70. The molecule has 0 atom stereocenters. The highest BCUT2D eigenvalue weighted by atomic mass is 35.5. The fraction of sp³-hybridized carbons (Fsp3) is 0.500. The number of rotatable bonds is 3. The summed E-state index contributed by atoms with van der Waals surface area (Å²) < 4.78 is 14.0. The minimum atomic E-state index is -0.408. The lowest BCUT2D eigenvalue weighted by atomic mass is 9.84. The Morgan fingerprint density at radius 3 is 2.79 bits per heavy atom. The predicted molar refractivity (Wildman–Crippen MR) is 77.4 cm³/mol. The van der Waals surface area contributed by atoms with Crippen molar-refractivity contribution in [2.75, 3.05) is 26.7 Å². The molecule has 0 bridgehead atoms. The molecule has 0 amide bonds. The first-order valence-electron chi connectivity index (χ1n) is 6.36. The van der Waals surface area contributed by atoms with E-state index in [0.717, 1.165) is 19.0 Å². The summed E-state index contributed by atoms with van der Waals surface area (Å²) in [7, 11) is 1.99. The molecule has 0 aromatic heterocycles. The zero-order valence-corrected chi connectivity index (χ0v) is 12.3. The Balaban J connectivity index is 2.14. The number of hydrogen-bond donors (Lipinski definition) is 1. The first kappa shape index (κ1) is 14.1. The topological polar surface area (TPSA) is 27.6 Å². The van der Waals surface area contributed by atoms with Crippen LogP contribution in [-0.4, -0.2) is 37.5 Å². The van der Waals surface area contributed by atoms with Gasteiger partial charge >= 0.3 is 0 Å². The van der Waals surface area contributed by atoms with E-state index in [0.29, 0.717) is 17.1 Å². The van der Waals surface area contributed by atoms with Crippen LogP contribution in [0, 0.1) is 5.82 Å². The van der Waals surface area contributed by atoms with Gasteiger partial charge in [0.15, 0.2) is 5.96 Å². The van der Waals surface area contributed by atoms with E-state index in [1.807, 2.05) is 20.9 Å². The average Bonchev–Trinajstić information content (AvgIpc) is 2.72. The van der Waals surface area contributed by atoms with Gasteiger partial charge in [-0.15, -0.1) is 0 Å². The van der Waals surface area contributed by atoms with E-state index in [-0.39, 0.29) is 5.82 Å². The Hall–Kier alpha value is -1.29. The van der Waals surface area contributed by atoms with Crippen molar-refractivity contribution in [3.63, 3.8) is 0 Å². The molecule has 1 aliphatic rings. The lowest BCUT2D eigenvalue weighted by Crippen LogP contribution is -2.42. The van der Waals surface area contributed by atoms with E-state index < -0.39 is 5.41 Å². The van der Waals surface area contributed by atoms with Gasteiger partial charge in [-0.3, -0.25) is 4.99 Å². The molecule has 1 N–H and O–H groups in total. The summed E-state index contributed by atoms with van der Waals surface area (Å²) in [4.78, 5) is 6.42. The molecule has 0 aliphatic carbocycles. The normalized spacial score (nSPS) is 15.6. The quantitative estimate of drug-likeness (QED) is 0.923. The number of hydrogen-bond acceptors (Lipinski definition) is 3. The van der Waals surface area contributed by atoms with Crippen molar-refractivity contribution >= 4 is 17.6 Å². The number of nitrogens with zero attached hydrogens (tertiary/aromatic N) is 2. The minimum absolute atomic E-state index is 0.263. The maximum Gasteiger partial charge on any atom is 0.193 e. The maximum absolute atomic E-state index is 14.0. The smallest absolute Gasteiger partial charge is 0.193 e. The van der Waals surface area contributed by atoms with E-state index in [9.17, 15) is 4.39 Å². The van der Waals surface area contributed by atoms with Gasteiger partial charge in [0.05, 0.1) is 6.54 Å². The van der Waals surface area contributed by atoms with Crippen molar-refractivity contribution in [1.29, 1.82) is 0 Å². The van der Waals surface area contributed by atoms with Crippen molar-refractivity contribution in [3.8, 4) is 0 Å². The van der Waals surface area contributed by atoms with Crippen LogP contribution in [0.2, 0.25) is 5.02 Å². The highest BCUT2D eigenvalue weighted by Crippen LogP contribution is 2.31. The second-order valence-corrected chi connectivity index (χ2v) is 5.87. The van der Waals surface area contributed by atoms with Gasteiger partial charge in [-0.1, -0.05) is 31.5 Å². The van der Waals surface area contributed by atoms with Crippen LogP contribution in [0.3, 0.4) is 0 Å². The van der Waals surface area contributed by atoms with Crippen LogP contribution >= 0.6 is 11.6 Å². The molecular formula is C14H19ClFN3. The van der Waals surface area contributed by atoms with Crippen LogP contribution in [0.15, 0.2) is 23.2 Å². The number of nitrogens with one attached hydrogen (secondary N) is 1. The van der Waals surface area contributed by atoms with E-state index in [1.54, 1.807) is 12.1 Å². The molecule has 1 aromatic carbocycles. The van der Waals surface area contributed by atoms with E-state index in [4.69, 9.17) is 11.6 Å². The lowest BCUT2D eigenvalue weighted by molar-refractivity contribution is 0.458. The summed E-state index contributed by atoms with van der Waals surface area (Å²) in [5, 5.41) is 3.74. The van der Waals surface area contributed by atoms with Crippen molar-refractivity contribution in [2.45, 2.75) is 19.3 Å². The molecule has 104 valence electrons. The number of likely N-dealkylation sites (N-methyl/N-ethyl adjacent to an activating group) is 1. The Labute approximate surface area is 118 Å². The van der Waals surface area contributed by atoms with E-state index in [2.05, 4.69) is 15.2 Å². The SMILES string of the molecule is CN1CCN=C1NCC(C)(C)c1c(F)cccc1Cl. The Morgan fingerprint density at radius 1 is 1.47 bits per heavy atom. The molecule has 0 radical (unpaired) electrons. The van der Waals surface area contributed by atoms with Gasteiger partial charge in [0, 0.05) is 36.1 Å². The molecule has 0 saturated heterocycles. The van der Waals surface area contributed by atoms with Gasteiger partial charge < -0.3 is 10.2 Å². The van der Waals surface area contributed by atoms with Crippen LogP contribution in [0.25, 0.3) is 0 Å². The average molecular weight is 284 g/mol. The Morgan fingerprint density at radius 2 is 2.21 bits per heavy atom. The van der Waals surface area contributed by atoms with Gasteiger partial charge in [-0.25, -0.2) is 4.39 Å². The molecule has 0 unspecified atom stereocenters. The van der Waals surface area contributed by atoms with Crippen LogP contribution in [-0.2, 0) is 5.41 Å². The van der Waals surface area contributed by atoms with Crippen LogP contribution in [0.5, 0.6) is 0 Å². The van der Waals surface area contributed by atoms with E-state index >= 15 is 0 Å². The molecular weight excluding hydrogens is 265 g/mol. The van der Waals surface area contributed by atoms with Gasteiger partial charge in [-0.05, 0) is 12.1 Å². The zero-order chi connectivity index (χ0) is 14.0. The van der Waals surface area contributed by atoms with Crippen molar-refractivity contribution in [3.05, 3.63) is 34.6 Å². The monoisotopic (exact) mass is 283 g/mol. The molecule has 1 aliphatic heterocycles. The largest absolute Gasteiger partial charge is 0.355 e. The maximum atomic E-state index is 14.0. The lowest BCUT2D eigenvalue weighted by Gasteiger charge is -2.28. The third-order valence-electron chi connectivity index (χ3n) is 3.39. The minimum Gasteiger partial charge on any atom is -0.355 e. The van der Waals surface area contributed by atoms with Crippen LogP contribution in [0.4, 0.5) is 4.39 Å². The molecule has 1 aromatic rings. The van der Waals surface area contributed by atoms with Gasteiger partial charge in [0.2, 0.25) is 0 Å². The fourth-order valence-electron chi connectivity index (χ4n) is 2.26. The molecule has 0 saturated carbocycles. The van der Waals surface area contributed by atoms with Crippen molar-refractivity contribution in [2.24, 2.45) is 4.99 Å². The summed E-state index contributed by atoms with van der Waals surface area (Å²) in [5.74, 6) is 0.599. The summed E-state index contributed by atoms with van der Waals surface area (Å²) in [6, 6.07) is 4.79. The van der Waals surface area contributed by atoms with Crippen LogP contribution in [0.1, 0.15) is 19.4 Å². The van der Waals surface area contributed by atoms with Crippen LogP contribution < -0.4 is 5.32 Å². The molecule has 0 fully saturated rings. The highest BCUT2D eigenvalue weighted by Gasteiger charge is 2.27. The Bertz CT molecular complexity index is 479. The number of guanidine groups is 1. The summed E-state index contributed by atoms with van der Waals surface area (Å²) in [6.45, 7) is 6.25. The molecule has 1 heterocycles. The standard InChI is InChI=1S/C14H19ClFN3/c1-14(2,9-18-13-17-7-8-19(13)3)12-10(15)5-4-6-11(12)16/h4-6H,7-9H2,1-3H3,(H,17,18).